The van der Waals surface area contributed by atoms with Gasteiger partial charge in [-0.2, -0.15) is 0 Å². The molecule has 0 fully saturated rings. The Kier molecular flexibility index (Phi) is 3.67. The van der Waals surface area contributed by atoms with Crippen LogP contribution in [-0.4, -0.2) is 7.11 Å². The van der Waals surface area contributed by atoms with Crippen LogP contribution in [-0.2, 0) is 4.52 Å². The first-order valence-electron chi connectivity index (χ1n) is 7.18. The Bertz CT molecular complexity index is 930. The highest BCUT2D eigenvalue weighted by molar-refractivity contribution is 7.69. The maximum Gasteiger partial charge on any atom is 0.0927 e. The third-order valence-corrected chi connectivity index (χ3v) is 7.09. The highest BCUT2D eigenvalue weighted by Gasteiger charge is 2.18. The summed E-state index contributed by atoms with van der Waals surface area (Å²) in [5.41, 5.74) is 0. The second-order valence-corrected chi connectivity index (χ2v) is 8.07. The zero-order valence-electron chi connectivity index (χ0n) is 12.2. The van der Waals surface area contributed by atoms with E-state index < -0.39 is 8.15 Å². The summed E-state index contributed by atoms with van der Waals surface area (Å²) in [4.78, 5) is 0. The van der Waals surface area contributed by atoms with Crippen molar-refractivity contribution in [1.29, 1.82) is 0 Å². The van der Waals surface area contributed by atoms with Crippen LogP contribution in [0.5, 0.6) is 0 Å². The topological polar surface area (TPSA) is 9.23 Å². The van der Waals surface area contributed by atoms with Gasteiger partial charge in [-0.3, -0.25) is 0 Å². The summed E-state index contributed by atoms with van der Waals surface area (Å²) in [5, 5.41) is 5.23. The Balaban J connectivity index is 1.98. The fraction of sp³-hybridized carbons (Fsp3) is 0.0526. The molecular formula is C19H15OPS. The van der Waals surface area contributed by atoms with E-state index in [1.165, 1.54) is 30.8 Å². The van der Waals surface area contributed by atoms with Gasteiger partial charge in [0.15, 0.2) is 0 Å². The highest BCUT2D eigenvalue weighted by atomic mass is 32.1. The molecule has 0 radical (unpaired) electrons. The molecule has 0 amide bonds. The quantitative estimate of drug-likeness (QED) is 0.480. The van der Waals surface area contributed by atoms with Crippen molar-refractivity contribution in [3.8, 4) is 0 Å². The van der Waals surface area contributed by atoms with Crippen molar-refractivity contribution in [3.63, 3.8) is 0 Å². The Morgan fingerprint density at radius 2 is 1.50 bits per heavy atom. The molecule has 0 spiro atoms. The third kappa shape index (κ3) is 2.24. The Morgan fingerprint density at radius 1 is 0.773 bits per heavy atom. The molecule has 1 unspecified atom stereocenters. The van der Waals surface area contributed by atoms with Crippen LogP contribution >= 0.6 is 19.5 Å². The molecule has 3 heteroatoms. The molecular weight excluding hydrogens is 307 g/mol. The average molecular weight is 322 g/mol. The average Bonchev–Trinajstić information content (AvgIpc) is 2.96. The first-order chi connectivity index (χ1) is 10.9. The second-order valence-electron chi connectivity index (χ2n) is 5.06. The Labute approximate surface area is 135 Å². The van der Waals surface area contributed by atoms with E-state index in [1.54, 1.807) is 0 Å². The molecule has 0 saturated heterocycles. The molecule has 108 valence electrons. The summed E-state index contributed by atoms with van der Waals surface area (Å²) in [5.74, 6) is 0. The molecule has 1 atom stereocenters. The molecule has 1 nitrogen and oxygen atoms in total. The fourth-order valence-corrected chi connectivity index (χ4v) is 5.95. The van der Waals surface area contributed by atoms with Crippen molar-refractivity contribution in [2.24, 2.45) is 0 Å². The summed E-state index contributed by atoms with van der Waals surface area (Å²) in [6.45, 7) is 0. The summed E-state index contributed by atoms with van der Waals surface area (Å²) < 4.78 is 8.58. The molecule has 0 saturated carbocycles. The lowest BCUT2D eigenvalue weighted by Gasteiger charge is -2.16. The predicted molar refractivity (Wildman–Crippen MR) is 99.0 cm³/mol. The van der Waals surface area contributed by atoms with Crippen LogP contribution in [0.2, 0.25) is 0 Å². The largest absolute Gasteiger partial charge is 0.353 e. The van der Waals surface area contributed by atoms with Crippen molar-refractivity contribution in [1.82, 2.24) is 0 Å². The van der Waals surface area contributed by atoms with Gasteiger partial charge in [-0.05, 0) is 6.07 Å². The van der Waals surface area contributed by atoms with E-state index in [-0.39, 0.29) is 0 Å². The first-order valence-corrected chi connectivity index (χ1v) is 9.25. The monoisotopic (exact) mass is 322 g/mol. The SMILES string of the molecule is COP(c1ccccc1)c1cccc2c1sc1ccccc12. The number of fused-ring (bicyclic) bond motifs is 3. The van der Waals surface area contributed by atoms with Crippen molar-refractivity contribution in [2.45, 2.75) is 0 Å². The predicted octanol–water partition coefficient (Wildman–Crippen LogP) is 5.05. The van der Waals surface area contributed by atoms with Gasteiger partial charge in [0.2, 0.25) is 0 Å². The summed E-state index contributed by atoms with van der Waals surface area (Å²) in [6.07, 6.45) is 0. The van der Waals surface area contributed by atoms with Crippen LogP contribution < -0.4 is 10.6 Å². The van der Waals surface area contributed by atoms with E-state index in [2.05, 4.69) is 66.7 Å². The molecule has 0 aliphatic carbocycles. The van der Waals surface area contributed by atoms with Crippen molar-refractivity contribution in [3.05, 3.63) is 72.8 Å². The minimum absolute atomic E-state index is 0.775. The van der Waals surface area contributed by atoms with Gasteiger partial charge in [0.1, 0.15) is 0 Å². The third-order valence-electron chi connectivity index (χ3n) is 3.78. The zero-order chi connectivity index (χ0) is 14.9. The van der Waals surface area contributed by atoms with Crippen LogP contribution in [0, 0.1) is 0 Å². The molecule has 0 bridgehead atoms. The molecule has 0 aliphatic rings. The van der Waals surface area contributed by atoms with Gasteiger partial charge in [0.25, 0.3) is 0 Å². The van der Waals surface area contributed by atoms with Gasteiger partial charge in [0, 0.05) is 37.9 Å². The van der Waals surface area contributed by atoms with Crippen LogP contribution in [0.3, 0.4) is 0 Å². The summed E-state index contributed by atoms with van der Waals surface area (Å²) in [7, 11) is 1.04. The number of rotatable bonds is 3. The molecule has 4 aromatic rings. The Morgan fingerprint density at radius 3 is 2.32 bits per heavy atom. The highest BCUT2D eigenvalue weighted by Crippen LogP contribution is 2.41. The maximum absolute atomic E-state index is 5.90. The van der Waals surface area contributed by atoms with E-state index in [1.807, 2.05) is 24.5 Å². The smallest absolute Gasteiger partial charge is 0.0927 e. The fourth-order valence-electron chi connectivity index (χ4n) is 2.80. The number of hydrogen-bond donors (Lipinski definition) is 0. The van der Waals surface area contributed by atoms with E-state index in [0.717, 1.165) is 0 Å². The molecule has 1 aromatic heterocycles. The molecule has 1 heterocycles. The van der Waals surface area contributed by atoms with Gasteiger partial charge in [0.05, 0.1) is 8.15 Å². The lowest BCUT2D eigenvalue weighted by molar-refractivity contribution is 0.474. The van der Waals surface area contributed by atoms with E-state index in [0.29, 0.717) is 0 Å². The van der Waals surface area contributed by atoms with Crippen molar-refractivity contribution >= 4 is 50.3 Å². The normalized spacial score (nSPS) is 12.8. The van der Waals surface area contributed by atoms with E-state index >= 15 is 0 Å². The number of thiophene rings is 1. The van der Waals surface area contributed by atoms with Gasteiger partial charge < -0.3 is 4.52 Å². The molecule has 4 rings (SSSR count). The van der Waals surface area contributed by atoms with Crippen molar-refractivity contribution < 1.29 is 4.52 Å². The van der Waals surface area contributed by atoms with Gasteiger partial charge in [-0.1, -0.05) is 66.7 Å². The van der Waals surface area contributed by atoms with Crippen LogP contribution in [0.25, 0.3) is 20.2 Å². The number of benzene rings is 3. The second kappa shape index (κ2) is 5.81. The summed E-state index contributed by atoms with van der Waals surface area (Å²) >= 11 is 1.86. The van der Waals surface area contributed by atoms with Crippen LogP contribution in [0.1, 0.15) is 0 Å². The van der Waals surface area contributed by atoms with Gasteiger partial charge >= 0.3 is 0 Å². The molecule has 0 N–H and O–H groups in total. The van der Waals surface area contributed by atoms with Crippen LogP contribution in [0.15, 0.2) is 72.8 Å². The number of hydrogen-bond acceptors (Lipinski definition) is 2. The first kappa shape index (κ1) is 13.9. The minimum atomic E-state index is -0.775. The minimum Gasteiger partial charge on any atom is -0.353 e. The molecule has 3 aromatic carbocycles. The molecule has 22 heavy (non-hydrogen) atoms. The summed E-state index contributed by atoms with van der Waals surface area (Å²) in [6, 6.07) is 25.7. The molecule has 0 aliphatic heterocycles. The van der Waals surface area contributed by atoms with Gasteiger partial charge in [-0.25, -0.2) is 0 Å². The standard InChI is InChI=1S/C19H15OPS/c1-20-21(14-8-3-2-4-9-14)17-12-7-11-16-15-10-5-6-13-18(15)22-19(16)17/h2-13H,1H3. The van der Waals surface area contributed by atoms with Crippen molar-refractivity contribution in [2.75, 3.05) is 7.11 Å². The van der Waals surface area contributed by atoms with E-state index in [4.69, 9.17) is 4.52 Å². The maximum atomic E-state index is 5.90. The van der Waals surface area contributed by atoms with Gasteiger partial charge in [-0.15, -0.1) is 11.3 Å². The zero-order valence-corrected chi connectivity index (χ0v) is 13.9. The lowest BCUT2D eigenvalue weighted by atomic mass is 10.1. The lowest BCUT2D eigenvalue weighted by Crippen LogP contribution is -2.12. The van der Waals surface area contributed by atoms with Crippen LogP contribution in [0.4, 0.5) is 0 Å². The van der Waals surface area contributed by atoms with E-state index in [9.17, 15) is 0 Å². The Hall–Kier alpha value is -1.73.